The molecule has 3 nitrogen and oxygen atoms in total. The Morgan fingerprint density at radius 1 is 1.23 bits per heavy atom. The van der Waals surface area contributed by atoms with Gasteiger partial charge in [0, 0.05) is 11.7 Å². The molecule has 1 amide bonds. The maximum absolute atomic E-state index is 11.6. The molecule has 0 aromatic heterocycles. The first kappa shape index (κ1) is 16.7. The molecule has 0 aliphatic heterocycles. The Balaban J connectivity index is 2.05. The van der Waals surface area contributed by atoms with Gasteiger partial charge in [-0.15, -0.1) is 0 Å². The summed E-state index contributed by atoms with van der Waals surface area (Å²) in [6.07, 6.45) is 1.89. The molecule has 1 unspecified atom stereocenters. The van der Waals surface area contributed by atoms with Gasteiger partial charge in [-0.1, -0.05) is 41.9 Å². The number of carbonyl (C=O) groups is 1. The van der Waals surface area contributed by atoms with Gasteiger partial charge >= 0.3 is 0 Å². The maximum atomic E-state index is 11.6. The first-order chi connectivity index (χ1) is 10.6. The molecule has 0 aliphatic carbocycles. The zero-order valence-corrected chi connectivity index (χ0v) is 14.2. The van der Waals surface area contributed by atoms with Gasteiger partial charge in [-0.3, -0.25) is 4.79 Å². The number of rotatable bonds is 6. The van der Waals surface area contributed by atoms with Crippen molar-refractivity contribution in [2.24, 2.45) is 0 Å². The average molecular weight is 335 g/mol. The number of hydrogen-bond donors (Lipinski definition) is 2. The third-order valence-corrected chi connectivity index (χ3v) is 4.06. The van der Waals surface area contributed by atoms with Crippen LogP contribution in [0.5, 0.6) is 0 Å². The quantitative estimate of drug-likeness (QED) is 0.796. The lowest BCUT2D eigenvalue weighted by molar-refractivity contribution is -0.113. The summed E-state index contributed by atoms with van der Waals surface area (Å²) in [5, 5.41) is 6.79. The lowest BCUT2D eigenvalue weighted by atomic mass is 10.1. The standard InChI is InChI=1S/C17H19ClN2OS/c1-12(13-6-4-3-5-7-13)19-16-9-8-14(10-15(16)18)20-17(21)11-22-2/h3-10,12,19H,11H2,1-2H3,(H,20,21). The van der Waals surface area contributed by atoms with Crippen LogP contribution in [-0.4, -0.2) is 17.9 Å². The summed E-state index contributed by atoms with van der Waals surface area (Å²) in [7, 11) is 0. The maximum Gasteiger partial charge on any atom is 0.234 e. The second-order valence-electron chi connectivity index (χ2n) is 4.95. The van der Waals surface area contributed by atoms with Crippen LogP contribution in [0.1, 0.15) is 18.5 Å². The number of thioether (sulfide) groups is 1. The van der Waals surface area contributed by atoms with Gasteiger partial charge in [0.25, 0.3) is 0 Å². The third kappa shape index (κ3) is 4.68. The van der Waals surface area contributed by atoms with E-state index in [-0.39, 0.29) is 11.9 Å². The van der Waals surface area contributed by atoms with Crippen molar-refractivity contribution in [3.05, 3.63) is 59.1 Å². The molecule has 0 saturated heterocycles. The third-order valence-electron chi connectivity index (χ3n) is 3.20. The van der Waals surface area contributed by atoms with E-state index in [9.17, 15) is 4.79 Å². The number of nitrogens with one attached hydrogen (secondary N) is 2. The normalized spacial score (nSPS) is 11.8. The molecule has 116 valence electrons. The molecule has 2 aromatic rings. The van der Waals surface area contributed by atoms with Crippen molar-refractivity contribution in [2.75, 3.05) is 22.6 Å². The van der Waals surface area contributed by atoms with Crippen LogP contribution in [0.3, 0.4) is 0 Å². The highest BCUT2D eigenvalue weighted by molar-refractivity contribution is 7.99. The Bertz CT molecular complexity index is 634. The lowest BCUT2D eigenvalue weighted by Crippen LogP contribution is -2.14. The molecule has 0 bridgehead atoms. The molecule has 1 atom stereocenters. The van der Waals surface area contributed by atoms with Gasteiger partial charge in [0.15, 0.2) is 0 Å². The minimum Gasteiger partial charge on any atom is -0.377 e. The van der Waals surface area contributed by atoms with E-state index < -0.39 is 0 Å². The summed E-state index contributed by atoms with van der Waals surface area (Å²) < 4.78 is 0. The number of amides is 1. The van der Waals surface area contributed by atoms with Crippen LogP contribution in [-0.2, 0) is 4.79 Å². The molecule has 0 radical (unpaired) electrons. The number of anilines is 2. The van der Waals surface area contributed by atoms with Gasteiger partial charge in [0.05, 0.1) is 16.5 Å². The molecule has 22 heavy (non-hydrogen) atoms. The smallest absolute Gasteiger partial charge is 0.234 e. The Kier molecular flexibility index (Phi) is 6.16. The fourth-order valence-corrected chi connectivity index (χ4v) is 2.67. The number of benzene rings is 2. The summed E-state index contributed by atoms with van der Waals surface area (Å²) in [5.74, 6) is 0.407. The molecular weight excluding hydrogens is 316 g/mol. The van der Waals surface area contributed by atoms with E-state index in [1.807, 2.05) is 36.6 Å². The van der Waals surface area contributed by atoms with Gasteiger partial charge in [-0.25, -0.2) is 0 Å². The van der Waals surface area contributed by atoms with Crippen LogP contribution in [0.2, 0.25) is 5.02 Å². The van der Waals surface area contributed by atoms with Crippen LogP contribution in [0.4, 0.5) is 11.4 Å². The van der Waals surface area contributed by atoms with E-state index >= 15 is 0 Å². The fraction of sp³-hybridized carbons (Fsp3) is 0.235. The van der Waals surface area contributed by atoms with Gasteiger partial charge in [-0.2, -0.15) is 11.8 Å². The van der Waals surface area contributed by atoms with Crippen LogP contribution < -0.4 is 10.6 Å². The predicted octanol–water partition coefficient (Wildman–Crippen LogP) is 4.81. The van der Waals surface area contributed by atoms with Crippen molar-refractivity contribution in [3.63, 3.8) is 0 Å². The second kappa shape index (κ2) is 8.11. The molecule has 2 rings (SSSR count). The van der Waals surface area contributed by atoms with E-state index in [4.69, 9.17) is 11.6 Å². The molecular formula is C17H19ClN2OS. The van der Waals surface area contributed by atoms with Gasteiger partial charge in [0.2, 0.25) is 5.91 Å². The Labute approximate surface area is 140 Å². The highest BCUT2D eigenvalue weighted by Gasteiger charge is 2.09. The predicted molar refractivity (Wildman–Crippen MR) is 96.9 cm³/mol. The fourth-order valence-electron chi connectivity index (χ4n) is 2.10. The van der Waals surface area contributed by atoms with Crippen molar-refractivity contribution in [2.45, 2.75) is 13.0 Å². The molecule has 0 fully saturated rings. The van der Waals surface area contributed by atoms with Crippen molar-refractivity contribution >= 4 is 40.6 Å². The topological polar surface area (TPSA) is 41.1 Å². The summed E-state index contributed by atoms with van der Waals surface area (Å²) >= 11 is 7.79. The van der Waals surface area contributed by atoms with Gasteiger partial charge < -0.3 is 10.6 Å². The highest BCUT2D eigenvalue weighted by atomic mass is 35.5. The second-order valence-corrected chi connectivity index (χ2v) is 6.23. The zero-order valence-electron chi connectivity index (χ0n) is 12.6. The first-order valence-corrected chi connectivity index (χ1v) is 8.77. The van der Waals surface area contributed by atoms with E-state index in [0.29, 0.717) is 16.5 Å². The van der Waals surface area contributed by atoms with Crippen molar-refractivity contribution in [1.29, 1.82) is 0 Å². The van der Waals surface area contributed by atoms with Crippen LogP contribution >= 0.6 is 23.4 Å². The van der Waals surface area contributed by atoms with Crippen molar-refractivity contribution in [1.82, 2.24) is 0 Å². The average Bonchev–Trinajstić information content (AvgIpc) is 2.51. The monoisotopic (exact) mass is 334 g/mol. The molecule has 2 N–H and O–H groups in total. The largest absolute Gasteiger partial charge is 0.377 e. The molecule has 0 aliphatic rings. The minimum absolute atomic E-state index is 0.0260. The molecule has 0 heterocycles. The molecule has 2 aromatic carbocycles. The summed E-state index contributed by atoms with van der Waals surface area (Å²) in [5.41, 5.74) is 2.75. The van der Waals surface area contributed by atoms with Crippen molar-refractivity contribution in [3.8, 4) is 0 Å². The van der Waals surface area contributed by atoms with E-state index in [2.05, 4.69) is 29.7 Å². The van der Waals surface area contributed by atoms with Gasteiger partial charge in [-0.05, 0) is 36.9 Å². The van der Waals surface area contributed by atoms with Crippen LogP contribution in [0.25, 0.3) is 0 Å². The highest BCUT2D eigenvalue weighted by Crippen LogP contribution is 2.29. The lowest BCUT2D eigenvalue weighted by Gasteiger charge is -2.17. The van der Waals surface area contributed by atoms with Crippen LogP contribution in [0.15, 0.2) is 48.5 Å². The van der Waals surface area contributed by atoms with E-state index in [1.165, 1.54) is 17.3 Å². The van der Waals surface area contributed by atoms with Gasteiger partial charge in [0.1, 0.15) is 0 Å². The van der Waals surface area contributed by atoms with Crippen LogP contribution in [0, 0.1) is 0 Å². The van der Waals surface area contributed by atoms with E-state index in [1.54, 1.807) is 6.07 Å². The number of hydrogen-bond acceptors (Lipinski definition) is 3. The Morgan fingerprint density at radius 3 is 2.59 bits per heavy atom. The Morgan fingerprint density at radius 2 is 1.95 bits per heavy atom. The summed E-state index contributed by atoms with van der Waals surface area (Å²) in [6.45, 7) is 2.08. The molecule has 5 heteroatoms. The van der Waals surface area contributed by atoms with Crippen molar-refractivity contribution < 1.29 is 4.79 Å². The number of halogens is 1. The zero-order chi connectivity index (χ0) is 15.9. The SMILES string of the molecule is CSCC(=O)Nc1ccc(NC(C)c2ccccc2)c(Cl)c1. The summed E-state index contributed by atoms with van der Waals surface area (Å²) in [4.78, 5) is 11.6. The molecule has 0 spiro atoms. The Hall–Kier alpha value is -1.65. The van der Waals surface area contributed by atoms with E-state index in [0.717, 1.165) is 5.69 Å². The molecule has 0 saturated carbocycles. The summed E-state index contributed by atoms with van der Waals surface area (Å²) in [6, 6.07) is 15.8. The minimum atomic E-state index is -0.0260. The first-order valence-electron chi connectivity index (χ1n) is 7.00. The number of carbonyl (C=O) groups excluding carboxylic acids is 1.